The monoisotopic (exact) mass is 349 g/mol. The summed E-state index contributed by atoms with van der Waals surface area (Å²) in [5.41, 5.74) is 0.941. The summed E-state index contributed by atoms with van der Waals surface area (Å²) in [5, 5.41) is 19.9. The molecular formula is C19H27NO5. The molecule has 2 atom stereocenters. The van der Waals surface area contributed by atoms with Crippen molar-refractivity contribution in [2.24, 2.45) is 5.41 Å². The molecule has 25 heavy (non-hydrogen) atoms. The second kappa shape index (κ2) is 7.87. The summed E-state index contributed by atoms with van der Waals surface area (Å²) in [7, 11) is 0. The van der Waals surface area contributed by atoms with Crippen LogP contribution >= 0.6 is 0 Å². The number of piperidine rings is 1. The molecule has 0 spiro atoms. The van der Waals surface area contributed by atoms with Crippen LogP contribution in [0, 0.1) is 19.3 Å². The Labute approximate surface area is 148 Å². The van der Waals surface area contributed by atoms with Crippen molar-refractivity contribution in [2.45, 2.75) is 46.1 Å². The highest BCUT2D eigenvalue weighted by Crippen LogP contribution is 2.35. The number of hydrogen-bond acceptors (Lipinski definition) is 4. The highest BCUT2D eigenvalue weighted by molar-refractivity contribution is 5.81. The number of carbonyl (C=O) groups excluding carboxylic acids is 1. The van der Waals surface area contributed by atoms with E-state index in [0.29, 0.717) is 25.1 Å². The van der Waals surface area contributed by atoms with Crippen molar-refractivity contribution in [3.63, 3.8) is 0 Å². The second-order valence-electron chi connectivity index (χ2n) is 6.87. The average molecular weight is 349 g/mol. The highest BCUT2D eigenvalue weighted by Gasteiger charge is 2.49. The molecular weight excluding hydrogens is 322 g/mol. The van der Waals surface area contributed by atoms with Gasteiger partial charge in [-0.3, -0.25) is 9.59 Å². The van der Waals surface area contributed by atoms with Crippen LogP contribution in [0.4, 0.5) is 0 Å². The largest absolute Gasteiger partial charge is 0.484 e. The SMILES string of the molecule is CCC[C@]1(C(=O)O)CN(C(=O)COc2ccc(C)c(C)c2)CC[C@H]1O. The number of aryl methyl sites for hydroxylation is 2. The number of ether oxygens (including phenoxy) is 1. The first-order valence-corrected chi connectivity index (χ1v) is 8.69. The van der Waals surface area contributed by atoms with E-state index in [1.54, 1.807) is 0 Å². The maximum Gasteiger partial charge on any atom is 0.314 e. The van der Waals surface area contributed by atoms with E-state index < -0.39 is 17.5 Å². The van der Waals surface area contributed by atoms with E-state index in [0.717, 1.165) is 11.1 Å². The van der Waals surface area contributed by atoms with E-state index in [4.69, 9.17) is 4.74 Å². The van der Waals surface area contributed by atoms with E-state index in [1.807, 2.05) is 39.0 Å². The molecule has 6 nitrogen and oxygen atoms in total. The maximum absolute atomic E-state index is 12.5. The maximum atomic E-state index is 12.5. The lowest BCUT2D eigenvalue weighted by Crippen LogP contribution is -2.57. The number of likely N-dealkylation sites (tertiary alicyclic amines) is 1. The Hall–Kier alpha value is -2.08. The number of aliphatic carboxylic acids is 1. The molecule has 1 heterocycles. The lowest BCUT2D eigenvalue weighted by Gasteiger charge is -2.43. The Bertz CT molecular complexity index is 645. The molecule has 1 saturated heterocycles. The van der Waals surface area contributed by atoms with Gasteiger partial charge in [-0.25, -0.2) is 0 Å². The molecule has 138 valence electrons. The number of rotatable bonds is 6. The van der Waals surface area contributed by atoms with Gasteiger partial charge in [0.2, 0.25) is 0 Å². The zero-order chi connectivity index (χ0) is 18.6. The zero-order valence-electron chi connectivity index (χ0n) is 15.1. The van der Waals surface area contributed by atoms with E-state index in [1.165, 1.54) is 4.90 Å². The third kappa shape index (κ3) is 4.12. The third-order valence-electron chi connectivity index (χ3n) is 5.10. The summed E-state index contributed by atoms with van der Waals surface area (Å²) in [6.07, 6.45) is 0.298. The molecule has 0 unspecified atom stereocenters. The average Bonchev–Trinajstić information content (AvgIpc) is 2.57. The first-order chi connectivity index (χ1) is 11.8. The standard InChI is InChI=1S/C19H27NO5/c1-4-8-19(18(23)24)12-20(9-7-16(19)21)17(22)11-25-15-6-5-13(2)14(3)10-15/h5-6,10,16,21H,4,7-9,11-12H2,1-3H3,(H,23,24)/t16-,19+/m1/s1. The minimum absolute atomic E-state index is 0.0203. The molecule has 0 saturated carbocycles. The Kier molecular flexibility index (Phi) is 6.06. The van der Waals surface area contributed by atoms with Crippen molar-refractivity contribution in [3.8, 4) is 5.75 Å². The number of carboxylic acid groups (broad SMARTS) is 1. The molecule has 2 rings (SSSR count). The fourth-order valence-corrected chi connectivity index (χ4v) is 3.34. The second-order valence-corrected chi connectivity index (χ2v) is 6.87. The van der Waals surface area contributed by atoms with Crippen molar-refractivity contribution in [1.29, 1.82) is 0 Å². The summed E-state index contributed by atoms with van der Waals surface area (Å²) < 4.78 is 5.57. The van der Waals surface area contributed by atoms with Gasteiger partial charge in [0, 0.05) is 13.1 Å². The van der Waals surface area contributed by atoms with E-state index >= 15 is 0 Å². The number of aliphatic hydroxyl groups excluding tert-OH is 1. The smallest absolute Gasteiger partial charge is 0.314 e. The van der Waals surface area contributed by atoms with Gasteiger partial charge in [0.25, 0.3) is 5.91 Å². The Morgan fingerprint density at radius 3 is 2.64 bits per heavy atom. The minimum Gasteiger partial charge on any atom is -0.484 e. The van der Waals surface area contributed by atoms with Gasteiger partial charge in [-0.2, -0.15) is 0 Å². The minimum atomic E-state index is -1.29. The van der Waals surface area contributed by atoms with Crippen LogP contribution in [0.25, 0.3) is 0 Å². The topological polar surface area (TPSA) is 87.1 Å². The first kappa shape index (κ1) is 19.2. The van der Waals surface area contributed by atoms with Crippen LogP contribution in [0.3, 0.4) is 0 Å². The molecule has 1 aliphatic heterocycles. The number of aliphatic hydroxyl groups is 1. The lowest BCUT2D eigenvalue weighted by atomic mass is 9.74. The third-order valence-corrected chi connectivity index (χ3v) is 5.10. The van der Waals surface area contributed by atoms with Gasteiger partial charge >= 0.3 is 5.97 Å². The highest BCUT2D eigenvalue weighted by atomic mass is 16.5. The van der Waals surface area contributed by atoms with Gasteiger partial charge in [-0.1, -0.05) is 19.4 Å². The Morgan fingerprint density at radius 1 is 1.32 bits per heavy atom. The number of hydrogen-bond donors (Lipinski definition) is 2. The van der Waals surface area contributed by atoms with Crippen molar-refractivity contribution in [2.75, 3.05) is 19.7 Å². The van der Waals surface area contributed by atoms with Gasteiger partial charge < -0.3 is 19.8 Å². The molecule has 1 aliphatic rings. The number of carboxylic acids is 1. The van der Waals surface area contributed by atoms with Crippen LogP contribution < -0.4 is 4.74 Å². The molecule has 1 aromatic carbocycles. The van der Waals surface area contributed by atoms with Crippen LogP contribution in [0.5, 0.6) is 5.75 Å². The van der Waals surface area contributed by atoms with E-state index in [-0.39, 0.29) is 25.5 Å². The summed E-state index contributed by atoms with van der Waals surface area (Å²) in [4.78, 5) is 25.7. The van der Waals surface area contributed by atoms with Crippen molar-refractivity contribution in [3.05, 3.63) is 29.3 Å². The van der Waals surface area contributed by atoms with E-state index in [2.05, 4.69) is 0 Å². The molecule has 1 amide bonds. The van der Waals surface area contributed by atoms with Crippen LogP contribution in [0.1, 0.15) is 37.3 Å². The van der Waals surface area contributed by atoms with Gasteiger partial charge in [-0.15, -0.1) is 0 Å². The van der Waals surface area contributed by atoms with Crippen LogP contribution in [-0.4, -0.2) is 52.8 Å². The summed E-state index contributed by atoms with van der Waals surface area (Å²) in [6.45, 7) is 6.08. The predicted molar refractivity (Wildman–Crippen MR) is 93.6 cm³/mol. The van der Waals surface area contributed by atoms with Crippen LogP contribution in [0.15, 0.2) is 18.2 Å². The molecule has 0 radical (unpaired) electrons. The predicted octanol–water partition coefficient (Wildman–Crippen LogP) is 2.15. The summed E-state index contributed by atoms with van der Waals surface area (Å²) in [5.74, 6) is -0.687. The number of carbonyl (C=O) groups is 2. The van der Waals surface area contributed by atoms with Gasteiger partial charge in [0.15, 0.2) is 6.61 Å². The zero-order valence-corrected chi connectivity index (χ0v) is 15.1. The van der Waals surface area contributed by atoms with Gasteiger partial charge in [-0.05, 0) is 49.9 Å². The summed E-state index contributed by atoms with van der Waals surface area (Å²) in [6, 6.07) is 5.62. The van der Waals surface area contributed by atoms with Gasteiger partial charge in [0.1, 0.15) is 11.2 Å². The number of amides is 1. The molecule has 1 aromatic rings. The lowest BCUT2D eigenvalue weighted by molar-refractivity contribution is -0.167. The number of nitrogens with zero attached hydrogens (tertiary/aromatic N) is 1. The van der Waals surface area contributed by atoms with Crippen LogP contribution in [0.2, 0.25) is 0 Å². The van der Waals surface area contributed by atoms with Crippen molar-refractivity contribution >= 4 is 11.9 Å². The summed E-state index contributed by atoms with van der Waals surface area (Å²) >= 11 is 0. The molecule has 6 heteroatoms. The fraction of sp³-hybridized carbons (Fsp3) is 0.579. The van der Waals surface area contributed by atoms with Crippen LogP contribution in [-0.2, 0) is 9.59 Å². The quantitative estimate of drug-likeness (QED) is 0.822. The Morgan fingerprint density at radius 2 is 2.04 bits per heavy atom. The first-order valence-electron chi connectivity index (χ1n) is 8.69. The van der Waals surface area contributed by atoms with Crippen molar-refractivity contribution in [1.82, 2.24) is 4.90 Å². The molecule has 0 bridgehead atoms. The molecule has 2 N–H and O–H groups in total. The molecule has 1 fully saturated rings. The molecule has 0 aliphatic carbocycles. The van der Waals surface area contributed by atoms with Crippen molar-refractivity contribution < 1.29 is 24.5 Å². The van der Waals surface area contributed by atoms with E-state index in [9.17, 15) is 19.8 Å². The van der Waals surface area contributed by atoms with Gasteiger partial charge in [0.05, 0.1) is 6.10 Å². The number of benzene rings is 1. The molecule has 0 aromatic heterocycles. The Balaban J connectivity index is 2.03. The fourth-order valence-electron chi connectivity index (χ4n) is 3.34. The normalized spacial score (nSPS) is 23.4.